The van der Waals surface area contributed by atoms with Gasteiger partial charge in [0.15, 0.2) is 5.52 Å². The summed E-state index contributed by atoms with van der Waals surface area (Å²) in [5, 5.41) is 0. The van der Waals surface area contributed by atoms with Crippen LogP contribution in [0.2, 0.25) is 0 Å². The van der Waals surface area contributed by atoms with Crippen LogP contribution in [0.15, 0.2) is 42.7 Å². The highest BCUT2D eigenvalue weighted by Gasteiger charge is 2.27. The Bertz CT molecular complexity index is 1250. The molecule has 0 bridgehead atoms. The van der Waals surface area contributed by atoms with Crippen molar-refractivity contribution < 1.29 is 22.6 Å². The van der Waals surface area contributed by atoms with Crippen LogP contribution in [0.25, 0.3) is 22.3 Å². The molecule has 0 aliphatic carbocycles. The number of benzene rings is 1. The molecule has 11 heteroatoms. The Labute approximate surface area is 198 Å². The summed E-state index contributed by atoms with van der Waals surface area (Å²) in [6.45, 7) is 4.29. The number of ether oxygens (including phenoxy) is 3. The molecule has 0 amide bonds. The van der Waals surface area contributed by atoms with Gasteiger partial charge in [-0.15, -0.1) is 0 Å². The normalized spacial score (nSPS) is 19.9. The van der Waals surface area contributed by atoms with Crippen molar-refractivity contribution in [2.45, 2.75) is 6.10 Å². The van der Waals surface area contributed by atoms with Crippen LogP contribution in [0, 0.1) is 0 Å². The van der Waals surface area contributed by atoms with Crippen LogP contribution >= 0.6 is 0 Å². The Hall–Kier alpha value is -2.86. The minimum atomic E-state index is -3.28. The summed E-state index contributed by atoms with van der Waals surface area (Å²) in [4.78, 5) is 15.8. The maximum atomic E-state index is 11.9. The molecule has 34 heavy (non-hydrogen) atoms. The molecule has 0 radical (unpaired) electrons. The van der Waals surface area contributed by atoms with E-state index in [2.05, 4.69) is 27.0 Å². The van der Waals surface area contributed by atoms with E-state index in [1.165, 1.54) is 10.6 Å². The van der Waals surface area contributed by atoms with Crippen LogP contribution in [0.3, 0.4) is 0 Å². The average Bonchev–Trinajstić information content (AvgIpc) is 2.87. The summed E-state index contributed by atoms with van der Waals surface area (Å²) < 4.78 is 42.4. The Morgan fingerprint density at radius 1 is 1.06 bits per heavy atom. The highest BCUT2D eigenvalue weighted by atomic mass is 32.2. The molecule has 1 aromatic carbocycles. The first-order chi connectivity index (χ1) is 16.5. The van der Waals surface area contributed by atoms with Gasteiger partial charge < -0.3 is 19.1 Å². The lowest BCUT2D eigenvalue weighted by molar-refractivity contribution is -0.0252. The molecule has 2 saturated heterocycles. The molecule has 1 unspecified atom stereocenters. The number of morpholine rings is 2. The number of hydrogen-bond acceptors (Lipinski definition) is 9. The topological polar surface area (TPSA) is 107 Å². The molecule has 0 spiro atoms. The molecule has 2 fully saturated rings. The summed E-state index contributed by atoms with van der Waals surface area (Å²) in [6, 6.07) is 10.1. The number of nitrogens with zero attached hydrogens (tertiary/aromatic N) is 5. The van der Waals surface area contributed by atoms with Gasteiger partial charge in [0.25, 0.3) is 0 Å². The first kappa shape index (κ1) is 22.9. The van der Waals surface area contributed by atoms with Crippen molar-refractivity contribution in [1.82, 2.24) is 19.3 Å². The molecule has 180 valence electrons. The number of aromatic nitrogens is 3. The summed E-state index contributed by atoms with van der Waals surface area (Å²) in [7, 11) is -3.28. The van der Waals surface area contributed by atoms with Gasteiger partial charge in [-0.05, 0) is 18.2 Å². The first-order valence-electron chi connectivity index (χ1n) is 11.2. The Kier molecular flexibility index (Phi) is 6.59. The number of fused-ring (bicyclic) bond motifs is 1. The van der Waals surface area contributed by atoms with Gasteiger partial charge in [-0.1, -0.05) is 12.1 Å². The smallest absolute Gasteiger partial charge is 0.242 e. The number of anilines is 1. The lowest BCUT2D eigenvalue weighted by Crippen LogP contribution is -2.47. The third kappa shape index (κ3) is 5.12. The Balaban J connectivity index is 1.37. The maximum Gasteiger partial charge on any atom is 0.242 e. The zero-order valence-electron chi connectivity index (χ0n) is 19.0. The standard InChI is InChI=1S/C23H27N5O5S/c1-34(29,30)28-10-13-32-19(15-28)16-33-23-22-21(24-6-7-25-22)14-20(26-23)17-2-4-18(5-3-17)27-8-11-31-12-9-27/h2-7,14,19H,8-13,15-16H2,1H3. The van der Waals surface area contributed by atoms with Crippen molar-refractivity contribution in [2.24, 2.45) is 0 Å². The molecule has 0 saturated carbocycles. The Morgan fingerprint density at radius 3 is 2.59 bits per heavy atom. The fraction of sp³-hybridized carbons (Fsp3) is 0.435. The monoisotopic (exact) mass is 485 g/mol. The molecular formula is C23H27N5O5S. The maximum absolute atomic E-state index is 11.9. The first-order valence-corrected chi connectivity index (χ1v) is 13.1. The molecular weight excluding hydrogens is 458 g/mol. The van der Waals surface area contributed by atoms with Gasteiger partial charge in [0.2, 0.25) is 15.9 Å². The largest absolute Gasteiger partial charge is 0.473 e. The van der Waals surface area contributed by atoms with Gasteiger partial charge in [-0.2, -0.15) is 4.31 Å². The minimum absolute atomic E-state index is 0.157. The van der Waals surface area contributed by atoms with E-state index in [9.17, 15) is 8.42 Å². The van der Waals surface area contributed by atoms with Gasteiger partial charge in [-0.25, -0.2) is 18.4 Å². The average molecular weight is 486 g/mol. The second-order valence-electron chi connectivity index (χ2n) is 8.31. The molecule has 2 aromatic heterocycles. The van der Waals surface area contributed by atoms with Gasteiger partial charge >= 0.3 is 0 Å². The summed E-state index contributed by atoms with van der Waals surface area (Å²) >= 11 is 0. The van der Waals surface area contributed by atoms with E-state index >= 15 is 0 Å². The highest BCUT2D eigenvalue weighted by molar-refractivity contribution is 7.88. The van der Waals surface area contributed by atoms with E-state index < -0.39 is 16.1 Å². The predicted octanol–water partition coefficient (Wildman–Crippen LogP) is 1.57. The number of sulfonamides is 1. The molecule has 10 nitrogen and oxygen atoms in total. The summed E-state index contributed by atoms with van der Waals surface area (Å²) in [6.07, 6.45) is 4.03. The van der Waals surface area contributed by atoms with Crippen molar-refractivity contribution in [1.29, 1.82) is 0 Å². The van der Waals surface area contributed by atoms with E-state index in [0.29, 0.717) is 30.1 Å². The third-order valence-corrected chi connectivity index (χ3v) is 7.21. The third-order valence-electron chi connectivity index (χ3n) is 5.94. The van der Waals surface area contributed by atoms with E-state index in [-0.39, 0.29) is 13.2 Å². The van der Waals surface area contributed by atoms with Crippen LogP contribution in [0.5, 0.6) is 5.88 Å². The fourth-order valence-corrected chi connectivity index (χ4v) is 4.97. The molecule has 2 aliphatic heterocycles. The molecule has 5 rings (SSSR count). The number of hydrogen-bond donors (Lipinski definition) is 0. The van der Waals surface area contributed by atoms with Crippen LogP contribution in [-0.2, 0) is 19.5 Å². The molecule has 3 aromatic rings. The predicted molar refractivity (Wildman–Crippen MR) is 127 cm³/mol. The molecule has 4 heterocycles. The van der Waals surface area contributed by atoms with Crippen molar-refractivity contribution >= 4 is 26.7 Å². The van der Waals surface area contributed by atoms with Crippen molar-refractivity contribution in [2.75, 3.05) is 63.8 Å². The van der Waals surface area contributed by atoms with Gasteiger partial charge in [0.05, 0.1) is 37.3 Å². The molecule has 2 aliphatic rings. The number of rotatable bonds is 6. The molecule has 1 atom stereocenters. The zero-order valence-corrected chi connectivity index (χ0v) is 19.8. The lowest BCUT2D eigenvalue weighted by Gasteiger charge is -2.30. The van der Waals surface area contributed by atoms with Gasteiger partial charge in [0, 0.05) is 49.8 Å². The van der Waals surface area contributed by atoms with Crippen molar-refractivity contribution in [3.8, 4) is 17.1 Å². The number of pyridine rings is 1. The highest BCUT2D eigenvalue weighted by Crippen LogP contribution is 2.29. The van der Waals surface area contributed by atoms with Gasteiger partial charge in [-0.3, -0.25) is 4.98 Å². The van der Waals surface area contributed by atoms with Crippen LogP contribution < -0.4 is 9.64 Å². The Morgan fingerprint density at radius 2 is 1.82 bits per heavy atom. The lowest BCUT2D eigenvalue weighted by atomic mass is 10.1. The second-order valence-corrected chi connectivity index (χ2v) is 10.3. The minimum Gasteiger partial charge on any atom is -0.473 e. The van der Waals surface area contributed by atoms with E-state index in [1.807, 2.05) is 18.2 Å². The second kappa shape index (κ2) is 9.79. The van der Waals surface area contributed by atoms with Crippen LogP contribution in [0.1, 0.15) is 0 Å². The van der Waals surface area contributed by atoms with Crippen molar-refractivity contribution in [3.05, 3.63) is 42.7 Å². The zero-order chi connectivity index (χ0) is 23.5. The quantitative estimate of drug-likeness (QED) is 0.514. The van der Waals surface area contributed by atoms with Crippen molar-refractivity contribution in [3.63, 3.8) is 0 Å². The van der Waals surface area contributed by atoms with Crippen LogP contribution in [-0.4, -0.2) is 92.6 Å². The summed E-state index contributed by atoms with van der Waals surface area (Å²) in [5.74, 6) is 0.345. The van der Waals surface area contributed by atoms with E-state index in [1.54, 1.807) is 12.4 Å². The van der Waals surface area contributed by atoms with Gasteiger partial charge in [0.1, 0.15) is 12.7 Å². The molecule has 0 N–H and O–H groups in total. The summed E-state index contributed by atoms with van der Waals surface area (Å²) in [5.41, 5.74) is 4.02. The van der Waals surface area contributed by atoms with E-state index in [4.69, 9.17) is 19.2 Å². The van der Waals surface area contributed by atoms with Crippen LogP contribution in [0.4, 0.5) is 5.69 Å². The van der Waals surface area contributed by atoms with E-state index in [0.717, 1.165) is 43.2 Å². The SMILES string of the molecule is CS(=O)(=O)N1CCOC(COc2nc(-c3ccc(N4CCOCC4)cc3)cc3nccnc23)C1. The fourth-order valence-electron chi connectivity index (χ4n) is 4.12.